The highest BCUT2D eigenvalue weighted by Gasteiger charge is 2.22. The van der Waals surface area contributed by atoms with Crippen LogP contribution in [0, 0.1) is 5.21 Å². The second-order valence-corrected chi connectivity index (χ2v) is 5.01. The number of hydrogen-bond acceptors (Lipinski definition) is 4. The van der Waals surface area contributed by atoms with Crippen molar-refractivity contribution in [1.29, 1.82) is 0 Å². The number of hydrogen-bond donors (Lipinski definition) is 1. The minimum absolute atomic E-state index is 0.0671. The van der Waals surface area contributed by atoms with Crippen LogP contribution in [0.1, 0.15) is 5.56 Å². The molecule has 0 aliphatic carbocycles. The number of nitrogens with one attached hydrogen (secondary N) is 1. The van der Waals surface area contributed by atoms with Gasteiger partial charge in [0.25, 0.3) is 5.91 Å². The summed E-state index contributed by atoms with van der Waals surface area (Å²) in [5.41, 5.74) is 1.15. The van der Waals surface area contributed by atoms with Gasteiger partial charge in [-0.3, -0.25) is 4.79 Å². The van der Waals surface area contributed by atoms with E-state index >= 15 is 0 Å². The van der Waals surface area contributed by atoms with Crippen molar-refractivity contribution in [3.63, 3.8) is 0 Å². The molecule has 1 aliphatic heterocycles. The Bertz CT molecular complexity index is 650. The van der Waals surface area contributed by atoms with Crippen LogP contribution in [0.2, 0.25) is 0 Å². The van der Waals surface area contributed by atoms with Crippen molar-refractivity contribution in [2.45, 2.75) is 12.5 Å². The van der Waals surface area contributed by atoms with Gasteiger partial charge in [0.1, 0.15) is 11.9 Å². The molecule has 1 N–H and O–H groups in total. The lowest BCUT2D eigenvalue weighted by Gasteiger charge is -2.12. The fourth-order valence-electron chi connectivity index (χ4n) is 2.31. The number of aromatic nitrogens is 1. The smallest absolute Gasteiger partial charge is 0.379 e. The minimum atomic E-state index is -0.289. The summed E-state index contributed by atoms with van der Waals surface area (Å²) in [4.78, 5) is 11.8. The van der Waals surface area contributed by atoms with Crippen LogP contribution in [-0.2, 0) is 11.2 Å². The molecule has 0 saturated carbocycles. The van der Waals surface area contributed by atoms with E-state index in [9.17, 15) is 10.0 Å². The van der Waals surface area contributed by atoms with Crippen molar-refractivity contribution in [2.75, 3.05) is 13.2 Å². The van der Waals surface area contributed by atoms with E-state index in [4.69, 9.17) is 9.47 Å². The Balaban J connectivity index is 1.43. The number of rotatable bonds is 5. The minimum Gasteiger partial charge on any atom is -0.616 e. The van der Waals surface area contributed by atoms with E-state index < -0.39 is 0 Å². The molecule has 2 aromatic rings. The second-order valence-electron chi connectivity index (χ2n) is 5.01. The second kappa shape index (κ2) is 6.34. The largest absolute Gasteiger partial charge is 0.616 e. The Hall–Kier alpha value is -2.76. The fraction of sp³-hybridized carbons (Fsp3) is 0.250. The summed E-state index contributed by atoms with van der Waals surface area (Å²) in [6.07, 6.45) is 2.02. The molecule has 6 nitrogen and oxygen atoms in total. The number of para-hydroxylation sites is 1. The van der Waals surface area contributed by atoms with E-state index in [2.05, 4.69) is 5.32 Å². The third kappa shape index (κ3) is 3.28. The average Bonchev–Trinajstić information content (AvgIpc) is 2.95. The SMILES string of the molecule is O=C(COc1cccc[n+]1[O-])NC[C@@H]1Cc2ccccc2O1. The Morgan fingerprint density at radius 1 is 1.32 bits per heavy atom. The van der Waals surface area contributed by atoms with Crippen LogP contribution in [0.5, 0.6) is 11.6 Å². The zero-order valence-corrected chi connectivity index (χ0v) is 11.9. The molecule has 0 spiro atoms. The normalized spacial score (nSPS) is 15.7. The predicted octanol–water partition coefficient (Wildman–Crippen LogP) is 0.819. The Labute approximate surface area is 127 Å². The average molecular weight is 300 g/mol. The van der Waals surface area contributed by atoms with Gasteiger partial charge in [0, 0.05) is 12.5 Å². The summed E-state index contributed by atoms with van der Waals surface area (Å²) in [5, 5.41) is 14.1. The summed E-state index contributed by atoms with van der Waals surface area (Å²) >= 11 is 0. The third-order valence-electron chi connectivity index (χ3n) is 3.38. The number of fused-ring (bicyclic) bond motifs is 1. The van der Waals surface area contributed by atoms with Gasteiger partial charge in [-0.25, -0.2) is 0 Å². The van der Waals surface area contributed by atoms with Gasteiger partial charge in [0.05, 0.1) is 12.6 Å². The van der Waals surface area contributed by atoms with Crippen molar-refractivity contribution in [3.05, 3.63) is 59.4 Å². The molecule has 1 aromatic carbocycles. The maximum absolute atomic E-state index is 11.8. The lowest BCUT2D eigenvalue weighted by molar-refractivity contribution is -0.612. The van der Waals surface area contributed by atoms with E-state index in [0.717, 1.165) is 17.7 Å². The zero-order chi connectivity index (χ0) is 15.4. The van der Waals surface area contributed by atoms with Crippen LogP contribution < -0.4 is 19.5 Å². The van der Waals surface area contributed by atoms with Gasteiger partial charge < -0.3 is 20.0 Å². The van der Waals surface area contributed by atoms with E-state index in [1.807, 2.05) is 24.3 Å². The van der Waals surface area contributed by atoms with Gasteiger partial charge in [-0.2, -0.15) is 0 Å². The number of amides is 1. The maximum atomic E-state index is 11.8. The molecule has 0 unspecified atom stereocenters. The summed E-state index contributed by atoms with van der Waals surface area (Å²) in [6.45, 7) is 0.203. The standard InChI is InChI=1S/C16H16N2O4/c19-15(11-21-16-7-3-4-8-18(16)20)17-10-13-9-12-5-1-2-6-14(12)22-13/h1-8,13H,9-11H2,(H,17,19)/t13-/m0/s1. The molecule has 22 heavy (non-hydrogen) atoms. The summed E-state index contributed by atoms with van der Waals surface area (Å²) in [6, 6.07) is 12.6. The zero-order valence-electron chi connectivity index (χ0n) is 11.9. The van der Waals surface area contributed by atoms with Crippen LogP contribution in [0.25, 0.3) is 0 Å². The molecule has 3 rings (SSSR count). The van der Waals surface area contributed by atoms with E-state index in [1.165, 1.54) is 12.3 Å². The van der Waals surface area contributed by atoms with E-state index in [0.29, 0.717) is 11.3 Å². The Morgan fingerprint density at radius 3 is 2.95 bits per heavy atom. The van der Waals surface area contributed by atoms with Crippen molar-refractivity contribution in [1.82, 2.24) is 5.32 Å². The predicted molar refractivity (Wildman–Crippen MR) is 78.5 cm³/mol. The molecule has 1 amide bonds. The highest BCUT2D eigenvalue weighted by molar-refractivity contribution is 5.77. The summed E-state index contributed by atoms with van der Waals surface area (Å²) in [5.74, 6) is 0.681. The highest BCUT2D eigenvalue weighted by Crippen LogP contribution is 2.27. The monoisotopic (exact) mass is 300 g/mol. The van der Waals surface area contributed by atoms with E-state index in [-0.39, 0.29) is 24.5 Å². The van der Waals surface area contributed by atoms with Crippen LogP contribution in [-0.4, -0.2) is 25.2 Å². The molecule has 1 atom stereocenters. The molecule has 0 fully saturated rings. The molecular formula is C16H16N2O4. The van der Waals surface area contributed by atoms with Gasteiger partial charge in [-0.1, -0.05) is 18.2 Å². The van der Waals surface area contributed by atoms with Gasteiger partial charge in [0.2, 0.25) is 0 Å². The first-order valence-corrected chi connectivity index (χ1v) is 7.04. The third-order valence-corrected chi connectivity index (χ3v) is 3.38. The number of carbonyl (C=O) groups excluding carboxylic acids is 1. The van der Waals surface area contributed by atoms with Gasteiger partial charge in [-0.15, -0.1) is 4.73 Å². The quantitative estimate of drug-likeness (QED) is 0.655. The number of pyridine rings is 1. The van der Waals surface area contributed by atoms with Gasteiger partial charge >= 0.3 is 5.88 Å². The molecule has 2 heterocycles. The Morgan fingerprint density at radius 2 is 2.14 bits per heavy atom. The molecule has 0 bridgehead atoms. The lowest BCUT2D eigenvalue weighted by atomic mass is 10.1. The number of benzene rings is 1. The van der Waals surface area contributed by atoms with Crippen LogP contribution in [0.4, 0.5) is 0 Å². The van der Waals surface area contributed by atoms with Crippen molar-refractivity contribution < 1.29 is 19.0 Å². The van der Waals surface area contributed by atoms with Crippen molar-refractivity contribution in [3.8, 4) is 11.6 Å². The molecule has 114 valence electrons. The Kier molecular flexibility index (Phi) is 4.09. The van der Waals surface area contributed by atoms with Gasteiger partial charge in [-0.05, 0) is 17.7 Å². The van der Waals surface area contributed by atoms with E-state index in [1.54, 1.807) is 12.1 Å². The molecule has 1 aromatic heterocycles. The molecular weight excluding hydrogens is 284 g/mol. The van der Waals surface area contributed by atoms with Crippen LogP contribution >= 0.6 is 0 Å². The highest BCUT2D eigenvalue weighted by atomic mass is 16.6. The van der Waals surface area contributed by atoms with Crippen LogP contribution in [0.3, 0.4) is 0 Å². The van der Waals surface area contributed by atoms with Crippen LogP contribution in [0.15, 0.2) is 48.7 Å². The molecule has 0 saturated heterocycles. The topological polar surface area (TPSA) is 74.5 Å². The van der Waals surface area contributed by atoms with Gasteiger partial charge in [0.15, 0.2) is 12.8 Å². The number of ether oxygens (including phenoxy) is 2. The van der Waals surface area contributed by atoms with Crippen molar-refractivity contribution >= 4 is 5.91 Å². The maximum Gasteiger partial charge on any atom is 0.379 e. The summed E-state index contributed by atoms with van der Waals surface area (Å²) in [7, 11) is 0. The molecule has 1 aliphatic rings. The molecule has 0 radical (unpaired) electrons. The number of nitrogens with zero attached hydrogens (tertiary/aromatic N) is 1. The fourth-order valence-corrected chi connectivity index (χ4v) is 2.31. The lowest BCUT2D eigenvalue weighted by Crippen LogP contribution is -2.38. The first kappa shape index (κ1) is 14.2. The van der Waals surface area contributed by atoms with Crippen molar-refractivity contribution in [2.24, 2.45) is 0 Å². The molecule has 6 heteroatoms. The first-order chi connectivity index (χ1) is 10.7. The number of carbonyl (C=O) groups is 1. The summed E-state index contributed by atoms with van der Waals surface area (Å²) < 4.78 is 11.5. The first-order valence-electron chi connectivity index (χ1n) is 7.04.